The average molecular weight is 417 g/mol. The topological polar surface area (TPSA) is 69.3 Å². The zero-order chi connectivity index (χ0) is 19.2. The average Bonchev–Trinajstić information content (AvgIpc) is 2.69. The second-order valence-corrected chi connectivity index (χ2v) is 6.41. The monoisotopic (exact) mass is 416 g/mol. The van der Waals surface area contributed by atoms with Gasteiger partial charge in [0.1, 0.15) is 19.0 Å². The summed E-state index contributed by atoms with van der Waals surface area (Å²) >= 11 is 0. The van der Waals surface area contributed by atoms with Gasteiger partial charge in [0.2, 0.25) is 0 Å². The first-order valence-corrected chi connectivity index (χ1v) is 9.82. The summed E-state index contributed by atoms with van der Waals surface area (Å²) in [6.07, 6.45) is 2.89. The number of unbranched alkanes of at least 4 members (excludes halogenated alkanes) is 2. The predicted molar refractivity (Wildman–Crippen MR) is 112 cm³/mol. The summed E-state index contributed by atoms with van der Waals surface area (Å²) in [6.45, 7) is 8.56. The second-order valence-electron chi connectivity index (χ2n) is 6.41. The second kappa shape index (κ2) is 15.4. The zero-order valence-corrected chi connectivity index (χ0v) is 17.5. The Kier molecular flexibility index (Phi) is 13.5. The van der Waals surface area contributed by atoms with E-state index in [4.69, 9.17) is 18.9 Å². The zero-order valence-electron chi connectivity index (χ0n) is 16.7. The lowest BCUT2D eigenvalue weighted by molar-refractivity contribution is 0.0322. The molecule has 8 heteroatoms. The van der Waals surface area contributed by atoms with E-state index in [1.165, 1.54) is 6.42 Å². The van der Waals surface area contributed by atoms with Crippen LogP contribution in [-0.2, 0) is 14.2 Å². The lowest BCUT2D eigenvalue weighted by atomic mass is 10.3. The number of anilines is 1. The third-order valence-electron chi connectivity index (χ3n) is 4.23. The van der Waals surface area contributed by atoms with Crippen molar-refractivity contribution in [3.05, 3.63) is 24.3 Å². The van der Waals surface area contributed by atoms with Crippen LogP contribution in [0.15, 0.2) is 24.3 Å². The van der Waals surface area contributed by atoms with Crippen molar-refractivity contribution in [1.29, 1.82) is 0 Å². The van der Waals surface area contributed by atoms with Gasteiger partial charge in [-0.3, -0.25) is 10.2 Å². The van der Waals surface area contributed by atoms with Crippen LogP contribution in [0.2, 0.25) is 0 Å². The van der Waals surface area contributed by atoms with Gasteiger partial charge < -0.3 is 18.9 Å². The van der Waals surface area contributed by atoms with Crippen molar-refractivity contribution in [1.82, 2.24) is 4.90 Å². The molecule has 1 aliphatic heterocycles. The van der Waals surface area contributed by atoms with E-state index in [0.29, 0.717) is 25.5 Å². The standard InChI is InChI=1S/C20H32N2O5.ClH/c1-2-3-4-12-24-16-17-27-20(23)21-18-5-7-19(8-6-18)26-15-11-22-9-13-25-14-10-22;/h5-8H,2-4,9-17H2,1H3,(H,21,23);1H. The normalized spacial score (nSPS) is 14.2. The molecule has 0 bridgehead atoms. The molecule has 7 nitrogen and oxygen atoms in total. The van der Waals surface area contributed by atoms with Gasteiger partial charge in [-0.1, -0.05) is 19.8 Å². The van der Waals surface area contributed by atoms with Crippen LogP contribution in [0.25, 0.3) is 0 Å². The Morgan fingerprint density at radius 1 is 1.07 bits per heavy atom. The van der Waals surface area contributed by atoms with E-state index in [1.54, 1.807) is 12.1 Å². The Balaban J connectivity index is 0.00000392. The first-order valence-electron chi connectivity index (χ1n) is 9.82. The summed E-state index contributed by atoms with van der Waals surface area (Å²) in [5.41, 5.74) is 0.671. The smallest absolute Gasteiger partial charge is 0.411 e. The molecule has 1 aromatic rings. The van der Waals surface area contributed by atoms with Crippen molar-refractivity contribution >= 4 is 24.2 Å². The SMILES string of the molecule is CCCCCOCCOC(=O)Nc1ccc(OCCN2CCOCC2)cc1.Cl. The first kappa shape index (κ1) is 24.5. The highest BCUT2D eigenvalue weighted by atomic mass is 35.5. The van der Waals surface area contributed by atoms with Crippen LogP contribution in [0.5, 0.6) is 5.75 Å². The number of morpholine rings is 1. The van der Waals surface area contributed by atoms with Gasteiger partial charge in [0, 0.05) is 31.9 Å². The van der Waals surface area contributed by atoms with E-state index in [1.807, 2.05) is 12.1 Å². The molecule has 0 radical (unpaired) electrons. The molecule has 160 valence electrons. The van der Waals surface area contributed by atoms with Crippen molar-refractivity contribution in [3.8, 4) is 5.75 Å². The van der Waals surface area contributed by atoms with Crippen LogP contribution < -0.4 is 10.1 Å². The van der Waals surface area contributed by atoms with Gasteiger partial charge in [-0.05, 0) is 30.7 Å². The first-order chi connectivity index (χ1) is 13.3. The number of carbonyl (C=O) groups is 1. The molecular weight excluding hydrogens is 384 g/mol. The molecular formula is C20H33ClN2O5. The Labute approximate surface area is 174 Å². The largest absolute Gasteiger partial charge is 0.492 e. The van der Waals surface area contributed by atoms with E-state index in [-0.39, 0.29) is 19.0 Å². The lowest BCUT2D eigenvalue weighted by Crippen LogP contribution is -2.38. The number of benzene rings is 1. The number of rotatable bonds is 12. The molecule has 0 saturated carbocycles. The fourth-order valence-corrected chi connectivity index (χ4v) is 2.66. The minimum Gasteiger partial charge on any atom is -0.492 e. The number of hydrogen-bond donors (Lipinski definition) is 1. The minimum atomic E-state index is -0.479. The molecule has 28 heavy (non-hydrogen) atoms. The highest BCUT2D eigenvalue weighted by Gasteiger charge is 2.09. The van der Waals surface area contributed by atoms with E-state index < -0.39 is 6.09 Å². The summed E-state index contributed by atoms with van der Waals surface area (Å²) in [6, 6.07) is 7.27. The number of hydrogen-bond acceptors (Lipinski definition) is 6. The van der Waals surface area contributed by atoms with Crippen LogP contribution >= 0.6 is 12.4 Å². The van der Waals surface area contributed by atoms with Gasteiger partial charge >= 0.3 is 6.09 Å². The van der Waals surface area contributed by atoms with E-state index >= 15 is 0 Å². The minimum absolute atomic E-state index is 0. The number of amides is 1. The van der Waals surface area contributed by atoms with Crippen LogP contribution in [0, 0.1) is 0 Å². The molecule has 1 aromatic carbocycles. The molecule has 1 amide bonds. The lowest BCUT2D eigenvalue weighted by Gasteiger charge is -2.26. The number of nitrogens with one attached hydrogen (secondary N) is 1. The highest BCUT2D eigenvalue weighted by Crippen LogP contribution is 2.16. The molecule has 0 atom stereocenters. The van der Waals surface area contributed by atoms with Gasteiger partial charge in [-0.2, -0.15) is 0 Å². The predicted octanol–water partition coefficient (Wildman–Crippen LogP) is 3.57. The van der Waals surface area contributed by atoms with Crippen molar-refractivity contribution in [2.75, 3.05) is 64.6 Å². The van der Waals surface area contributed by atoms with Gasteiger partial charge in [0.15, 0.2) is 0 Å². The summed E-state index contributed by atoms with van der Waals surface area (Å²) in [5, 5.41) is 2.69. The molecule has 1 N–H and O–H groups in total. The fourth-order valence-electron chi connectivity index (χ4n) is 2.66. The molecule has 1 heterocycles. The van der Waals surface area contributed by atoms with Crippen LogP contribution in [0.1, 0.15) is 26.2 Å². The maximum absolute atomic E-state index is 11.7. The number of ether oxygens (including phenoxy) is 4. The number of carbonyl (C=O) groups excluding carboxylic acids is 1. The molecule has 0 aromatic heterocycles. The van der Waals surface area contributed by atoms with Gasteiger partial charge in [-0.25, -0.2) is 4.79 Å². The molecule has 0 aliphatic carbocycles. The van der Waals surface area contributed by atoms with Crippen molar-refractivity contribution in [2.24, 2.45) is 0 Å². The number of halogens is 1. The van der Waals surface area contributed by atoms with Crippen molar-refractivity contribution in [2.45, 2.75) is 26.2 Å². The van der Waals surface area contributed by atoms with Gasteiger partial charge in [0.05, 0.1) is 19.8 Å². The molecule has 0 unspecified atom stereocenters. The van der Waals surface area contributed by atoms with E-state index in [9.17, 15) is 4.79 Å². The van der Waals surface area contributed by atoms with Gasteiger partial charge in [0.25, 0.3) is 0 Å². The van der Waals surface area contributed by atoms with Crippen LogP contribution in [0.4, 0.5) is 10.5 Å². The van der Waals surface area contributed by atoms with Crippen molar-refractivity contribution < 1.29 is 23.7 Å². The van der Waals surface area contributed by atoms with Gasteiger partial charge in [-0.15, -0.1) is 12.4 Å². The van der Waals surface area contributed by atoms with E-state index in [2.05, 4.69) is 17.1 Å². The Hall–Kier alpha value is -1.54. The summed E-state index contributed by atoms with van der Waals surface area (Å²) in [5.74, 6) is 0.780. The highest BCUT2D eigenvalue weighted by molar-refractivity contribution is 5.85. The Bertz CT molecular complexity index is 524. The Morgan fingerprint density at radius 3 is 2.54 bits per heavy atom. The quantitative estimate of drug-likeness (QED) is 0.525. The maximum atomic E-state index is 11.7. The molecule has 2 rings (SSSR count). The fraction of sp³-hybridized carbons (Fsp3) is 0.650. The molecule has 1 aliphatic rings. The third-order valence-corrected chi connectivity index (χ3v) is 4.23. The summed E-state index contributed by atoms with van der Waals surface area (Å²) in [4.78, 5) is 14.1. The summed E-state index contributed by atoms with van der Waals surface area (Å²) in [7, 11) is 0. The Morgan fingerprint density at radius 2 is 1.82 bits per heavy atom. The third kappa shape index (κ3) is 10.7. The number of nitrogens with zero attached hydrogens (tertiary/aromatic N) is 1. The van der Waals surface area contributed by atoms with Crippen molar-refractivity contribution in [3.63, 3.8) is 0 Å². The van der Waals surface area contributed by atoms with Crippen LogP contribution in [-0.4, -0.2) is 70.3 Å². The molecule has 1 saturated heterocycles. The van der Waals surface area contributed by atoms with E-state index in [0.717, 1.165) is 51.4 Å². The molecule has 1 fully saturated rings. The van der Waals surface area contributed by atoms with Crippen LogP contribution in [0.3, 0.4) is 0 Å². The maximum Gasteiger partial charge on any atom is 0.411 e. The molecule has 0 spiro atoms. The summed E-state index contributed by atoms with van der Waals surface area (Å²) < 4.78 is 21.6.